The molecule has 0 aliphatic carbocycles. The summed E-state index contributed by atoms with van der Waals surface area (Å²) in [4.78, 5) is 25.4. The molecular weight excluding hydrogens is 390 g/mol. The molecular formula is C26H21NO4. The molecule has 0 fully saturated rings. The molecule has 0 saturated carbocycles. The number of aromatic hydroxyl groups is 1. The normalized spacial score (nSPS) is 10.6. The van der Waals surface area contributed by atoms with Gasteiger partial charge in [-0.2, -0.15) is 0 Å². The fourth-order valence-electron chi connectivity index (χ4n) is 3.33. The standard InChI is InChI=1S/C26H21NO4/c1-18-7-5-6-10-23(18)27-16-20(11-14-25(27)29)26(30)22-13-12-21(15-24(22)28)31-17-19-8-3-2-4-9-19/h2-16,28H,17H2,1H3. The van der Waals surface area contributed by atoms with Crippen LogP contribution in [0.5, 0.6) is 11.5 Å². The number of ketones is 1. The van der Waals surface area contributed by atoms with E-state index in [1.165, 1.54) is 35.0 Å². The van der Waals surface area contributed by atoms with Gasteiger partial charge in [0.05, 0.1) is 11.3 Å². The van der Waals surface area contributed by atoms with Crippen LogP contribution in [0.1, 0.15) is 27.0 Å². The predicted octanol–water partition coefficient (Wildman–Crippen LogP) is 4.66. The molecule has 0 unspecified atom stereocenters. The largest absolute Gasteiger partial charge is 0.507 e. The zero-order valence-electron chi connectivity index (χ0n) is 17.0. The monoisotopic (exact) mass is 411 g/mol. The number of rotatable bonds is 6. The van der Waals surface area contributed by atoms with Gasteiger partial charge in [-0.25, -0.2) is 0 Å². The number of benzene rings is 3. The maximum Gasteiger partial charge on any atom is 0.255 e. The molecule has 0 aliphatic rings. The number of phenols is 1. The predicted molar refractivity (Wildman–Crippen MR) is 119 cm³/mol. The molecule has 31 heavy (non-hydrogen) atoms. The average molecular weight is 411 g/mol. The highest BCUT2D eigenvalue weighted by molar-refractivity contribution is 6.10. The number of hydrogen-bond donors (Lipinski definition) is 1. The quantitative estimate of drug-likeness (QED) is 0.469. The zero-order chi connectivity index (χ0) is 21.8. The van der Waals surface area contributed by atoms with Crippen molar-refractivity contribution in [1.29, 1.82) is 0 Å². The van der Waals surface area contributed by atoms with Gasteiger partial charge in [0, 0.05) is 23.9 Å². The van der Waals surface area contributed by atoms with Crippen molar-refractivity contribution in [2.75, 3.05) is 0 Å². The Morgan fingerprint density at radius 1 is 0.935 bits per heavy atom. The molecule has 3 aromatic carbocycles. The first-order chi connectivity index (χ1) is 15.0. The third-order valence-corrected chi connectivity index (χ3v) is 5.01. The lowest BCUT2D eigenvalue weighted by atomic mass is 10.0. The number of ether oxygens (including phenoxy) is 1. The SMILES string of the molecule is Cc1ccccc1-n1cc(C(=O)c2ccc(OCc3ccccc3)cc2O)ccc1=O. The molecule has 1 N–H and O–H groups in total. The van der Waals surface area contributed by atoms with Crippen molar-refractivity contribution >= 4 is 5.78 Å². The molecule has 4 aromatic rings. The molecule has 0 atom stereocenters. The summed E-state index contributed by atoms with van der Waals surface area (Å²) >= 11 is 0. The highest BCUT2D eigenvalue weighted by atomic mass is 16.5. The number of phenolic OH excluding ortho intramolecular Hbond substituents is 1. The van der Waals surface area contributed by atoms with Gasteiger partial charge in [-0.1, -0.05) is 48.5 Å². The Morgan fingerprint density at radius 3 is 2.42 bits per heavy atom. The summed E-state index contributed by atoms with van der Waals surface area (Å²) in [5.74, 6) is -0.0959. The summed E-state index contributed by atoms with van der Waals surface area (Å²) in [7, 11) is 0. The maximum atomic E-state index is 13.0. The van der Waals surface area contributed by atoms with E-state index in [0.29, 0.717) is 23.6 Å². The first-order valence-electron chi connectivity index (χ1n) is 9.86. The van der Waals surface area contributed by atoms with Crippen LogP contribution in [-0.4, -0.2) is 15.5 Å². The van der Waals surface area contributed by atoms with Crippen LogP contribution in [0.3, 0.4) is 0 Å². The Morgan fingerprint density at radius 2 is 1.68 bits per heavy atom. The summed E-state index contributed by atoms with van der Waals surface area (Å²) in [5, 5.41) is 10.4. The minimum atomic E-state index is -0.380. The number of nitrogens with zero attached hydrogens (tertiary/aromatic N) is 1. The lowest BCUT2D eigenvalue weighted by Gasteiger charge is -2.12. The minimum absolute atomic E-state index is 0.141. The van der Waals surface area contributed by atoms with Gasteiger partial charge in [0.2, 0.25) is 0 Å². The summed E-state index contributed by atoms with van der Waals surface area (Å²) in [6.07, 6.45) is 1.51. The van der Waals surface area contributed by atoms with E-state index in [4.69, 9.17) is 4.74 Å². The van der Waals surface area contributed by atoms with Crippen LogP contribution in [0.4, 0.5) is 0 Å². The highest BCUT2D eigenvalue weighted by Crippen LogP contribution is 2.26. The highest BCUT2D eigenvalue weighted by Gasteiger charge is 2.16. The number of para-hydroxylation sites is 1. The Hall–Kier alpha value is -4.12. The Kier molecular flexibility index (Phi) is 5.67. The van der Waals surface area contributed by atoms with E-state index >= 15 is 0 Å². The van der Waals surface area contributed by atoms with Gasteiger partial charge in [-0.05, 0) is 42.3 Å². The molecule has 0 bridgehead atoms. The molecule has 0 spiro atoms. The second-order valence-corrected chi connectivity index (χ2v) is 7.19. The summed E-state index contributed by atoms with van der Waals surface area (Å²) in [5.41, 5.74) is 2.83. The van der Waals surface area contributed by atoms with Crippen molar-refractivity contribution in [2.24, 2.45) is 0 Å². The first-order valence-corrected chi connectivity index (χ1v) is 9.86. The molecule has 5 nitrogen and oxygen atoms in total. The van der Waals surface area contributed by atoms with E-state index in [1.54, 1.807) is 6.07 Å². The number of pyridine rings is 1. The van der Waals surface area contributed by atoms with E-state index in [9.17, 15) is 14.7 Å². The molecule has 1 heterocycles. The van der Waals surface area contributed by atoms with E-state index < -0.39 is 0 Å². The van der Waals surface area contributed by atoms with Gasteiger partial charge < -0.3 is 9.84 Å². The molecule has 0 amide bonds. The summed E-state index contributed by atoms with van der Waals surface area (Å²) in [6.45, 7) is 2.26. The number of hydrogen-bond acceptors (Lipinski definition) is 4. The lowest BCUT2D eigenvalue weighted by molar-refractivity contribution is 0.103. The van der Waals surface area contributed by atoms with Crippen LogP contribution in [0.25, 0.3) is 5.69 Å². The van der Waals surface area contributed by atoms with Crippen molar-refractivity contribution in [3.8, 4) is 17.2 Å². The number of carbonyl (C=O) groups excluding carboxylic acids is 1. The smallest absolute Gasteiger partial charge is 0.255 e. The Labute approximate surface area is 179 Å². The van der Waals surface area contributed by atoms with Crippen molar-refractivity contribution < 1.29 is 14.6 Å². The van der Waals surface area contributed by atoms with Gasteiger partial charge in [0.25, 0.3) is 5.56 Å². The first kappa shape index (κ1) is 20.2. The minimum Gasteiger partial charge on any atom is -0.507 e. The number of aromatic nitrogens is 1. The fraction of sp³-hybridized carbons (Fsp3) is 0.0769. The van der Waals surface area contributed by atoms with Gasteiger partial charge in [-0.15, -0.1) is 0 Å². The third kappa shape index (κ3) is 4.41. The van der Waals surface area contributed by atoms with Crippen molar-refractivity contribution in [3.63, 3.8) is 0 Å². The molecule has 5 heteroatoms. The van der Waals surface area contributed by atoms with Gasteiger partial charge >= 0.3 is 0 Å². The second-order valence-electron chi connectivity index (χ2n) is 7.19. The average Bonchev–Trinajstić information content (AvgIpc) is 2.79. The molecule has 0 radical (unpaired) electrons. The number of aryl methyl sites for hydroxylation is 1. The van der Waals surface area contributed by atoms with Crippen LogP contribution in [0.2, 0.25) is 0 Å². The van der Waals surface area contributed by atoms with Crippen LogP contribution < -0.4 is 10.3 Å². The summed E-state index contributed by atoms with van der Waals surface area (Å²) < 4.78 is 7.14. The van der Waals surface area contributed by atoms with Crippen LogP contribution in [-0.2, 0) is 6.61 Å². The van der Waals surface area contributed by atoms with Gasteiger partial charge in [0.1, 0.15) is 18.1 Å². The van der Waals surface area contributed by atoms with Gasteiger partial charge in [0.15, 0.2) is 5.78 Å². The molecule has 1 aromatic heterocycles. The molecule has 154 valence electrons. The van der Waals surface area contributed by atoms with E-state index in [2.05, 4.69) is 0 Å². The van der Waals surface area contributed by atoms with E-state index in [1.807, 2.05) is 61.5 Å². The molecule has 4 rings (SSSR count). The van der Waals surface area contributed by atoms with Crippen molar-refractivity contribution in [3.05, 3.63) is 124 Å². The van der Waals surface area contributed by atoms with Gasteiger partial charge in [-0.3, -0.25) is 14.2 Å². The fourth-order valence-corrected chi connectivity index (χ4v) is 3.33. The second kappa shape index (κ2) is 8.71. The van der Waals surface area contributed by atoms with Crippen molar-refractivity contribution in [1.82, 2.24) is 4.57 Å². The lowest BCUT2D eigenvalue weighted by Crippen LogP contribution is -2.19. The summed E-state index contributed by atoms with van der Waals surface area (Å²) in [6, 6.07) is 24.5. The molecule has 0 saturated heterocycles. The Balaban J connectivity index is 1.59. The number of carbonyl (C=O) groups is 1. The van der Waals surface area contributed by atoms with E-state index in [0.717, 1.165) is 11.1 Å². The van der Waals surface area contributed by atoms with Crippen LogP contribution in [0.15, 0.2) is 95.9 Å². The van der Waals surface area contributed by atoms with E-state index in [-0.39, 0.29) is 22.7 Å². The zero-order valence-corrected chi connectivity index (χ0v) is 17.0. The maximum absolute atomic E-state index is 13.0. The topological polar surface area (TPSA) is 68.5 Å². The van der Waals surface area contributed by atoms with Crippen LogP contribution >= 0.6 is 0 Å². The molecule has 0 aliphatic heterocycles. The van der Waals surface area contributed by atoms with Crippen molar-refractivity contribution in [2.45, 2.75) is 13.5 Å². The third-order valence-electron chi connectivity index (χ3n) is 5.01. The Bertz CT molecular complexity index is 1290. The van der Waals surface area contributed by atoms with Crippen LogP contribution in [0, 0.1) is 6.92 Å².